The monoisotopic (exact) mass is 281 g/mol. The molecule has 0 saturated carbocycles. The smallest absolute Gasteiger partial charge is 0.258 e. The fourth-order valence-electron chi connectivity index (χ4n) is 3.50. The maximum Gasteiger partial charge on any atom is 0.258 e. The summed E-state index contributed by atoms with van der Waals surface area (Å²) in [6.07, 6.45) is 4.27. The van der Waals surface area contributed by atoms with Gasteiger partial charge in [0.15, 0.2) is 0 Å². The normalized spacial score (nSPS) is 21.3. The van der Waals surface area contributed by atoms with Gasteiger partial charge in [-0.25, -0.2) is 0 Å². The SMILES string of the molecule is O=C1C2=C(CCCC2)N2CCN=C2N1Cc1ccccc1. The van der Waals surface area contributed by atoms with E-state index >= 15 is 0 Å². The van der Waals surface area contributed by atoms with E-state index < -0.39 is 0 Å². The van der Waals surface area contributed by atoms with Gasteiger partial charge >= 0.3 is 0 Å². The molecular formula is C17H19N3O. The number of carbonyl (C=O) groups excluding carboxylic acids is 1. The first-order chi connectivity index (χ1) is 10.3. The molecule has 2 heterocycles. The number of rotatable bonds is 2. The first-order valence-corrected chi connectivity index (χ1v) is 7.74. The molecule has 4 heteroatoms. The zero-order chi connectivity index (χ0) is 14.2. The Bertz CT molecular complexity index is 633. The van der Waals surface area contributed by atoms with Crippen LogP contribution < -0.4 is 0 Å². The molecule has 0 bridgehead atoms. The molecule has 4 nitrogen and oxygen atoms in total. The third-order valence-electron chi connectivity index (χ3n) is 4.51. The van der Waals surface area contributed by atoms with Crippen LogP contribution in [0, 0.1) is 0 Å². The molecule has 1 aromatic rings. The molecule has 0 spiro atoms. The van der Waals surface area contributed by atoms with E-state index in [1.165, 1.54) is 12.1 Å². The lowest BCUT2D eigenvalue weighted by Crippen LogP contribution is -2.50. The van der Waals surface area contributed by atoms with Crippen molar-refractivity contribution >= 4 is 11.9 Å². The lowest BCUT2D eigenvalue weighted by molar-refractivity contribution is -0.125. The second-order valence-electron chi connectivity index (χ2n) is 5.84. The van der Waals surface area contributed by atoms with E-state index in [9.17, 15) is 4.79 Å². The van der Waals surface area contributed by atoms with Gasteiger partial charge in [-0.2, -0.15) is 0 Å². The number of amides is 1. The van der Waals surface area contributed by atoms with Crippen LogP contribution in [0.5, 0.6) is 0 Å². The van der Waals surface area contributed by atoms with Crippen LogP contribution in [-0.4, -0.2) is 34.8 Å². The van der Waals surface area contributed by atoms with Crippen LogP contribution in [0.2, 0.25) is 0 Å². The predicted molar refractivity (Wildman–Crippen MR) is 81.5 cm³/mol. The second-order valence-corrected chi connectivity index (χ2v) is 5.84. The lowest BCUT2D eigenvalue weighted by Gasteiger charge is -2.39. The highest BCUT2D eigenvalue weighted by Gasteiger charge is 2.39. The van der Waals surface area contributed by atoms with Crippen molar-refractivity contribution in [2.24, 2.45) is 4.99 Å². The minimum Gasteiger partial charge on any atom is -0.314 e. The third-order valence-corrected chi connectivity index (χ3v) is 4.51. The van der Waals surface area contributed by atoms with Crippen LogP contribution in [0.15, 0.2) is 46.6 Å². The molecule has 21 heavy (non-hydrogen) atoms. The topological polar surface area (TPSA) is 35.9 Å². The Morgan fingerprint density at radius 3 is 2.76 bits per heavy atom. The van der Waals surface area contributed by atoms with Gasteiger partial charge in [0.25, 0.3) is 5.91 Å². The molecule has 2 aliphatic heterocycles. The Morgan fingerprint density at radius 2 is 1.90 bits per heavy atom. The number of allylic oxidation sites excluding steroid dienone is 1. The van der Waals surface area contributed by atoms with Gasteiger partial charge in [-0.3, -0.25) is 14.7 Å². The van der Waals surface area contributed by atoms with E-state index in [1.807, 2.05) is 23.1 Å². The maximum atomic E-state index is 12.9. The summed E-state index contributed by atoms with van der Waals surface area (Å²) in [6, 6.07) is 10.2. The molecule has 4 rings (SSSR count). The highest BCUT2D eigenvalue weighted by atomic mass is 16.2. The Balaban J connectivity index is 1.71. The molecule has 0 atom stereocenters. The second kappa shape index (κ2) is 5.02. The van der Waals surface area contributed by atoms with Gasteiger partial charge in [0, 0.05) is 17.8 Å². The van der Waals surface area contributed by atoms with E-state index in [-0.39, 0.29) is 5.91 Å². The molecule has 1 aromatic carbocycles. The average Bonchev–Trinajstić information content (AvgIpc) is 3.02. The van der Waals surface area contributed by atoms with E-state index in [0.717, 1.165) is 49.4 Å². The molecule has 1 amide bonds. The van der Waals surface area contributed by atoms with Crippen molar-refractivity contribution in [3.8, 4) is 0 Å². The Kier molecular flexibility index (Phi) is 3.02. The van der Waals surface area contributed by atoms with Crippen LogP contribution in [-0.2, 0) is 11.3 Å². The summed E-state index contributed by atoms with van der Waals surface area (Å²) < 4.78 is 0. The van der Waals surface area contributed by atoms with Crippen molar-refractivity contribution < 1.29 is 4.79 Å². The summed E-state index contributed by atoms with van der Waals surface area (Å²) in [5.74, 6) is 1.04. The standard InChI is InChI=1S/C17H19N3O/c21-16-14-8-4-5-9-15(14)19-11-10-18-17(19)20(16)12-13-6-2-1-3-7-13/h1-3,6-7H,4-5,8-12H2. The Labute approximate surface area is 124 Å². The Morgan fingerprint density at radius 1 is 1.10 bits per heavy atom. The number of hydrogen-bond acceptors (Lipinski definition) is 3. The van der Waals surface area contributed by atoms with Gasteiger partial charge in [0.05, 0.1) is 13.1 Å². The molecule has 0 N–H and O–H groups in total. The fourth-order valence-corrected chi connectivity index (χ4v) is 3.50. The van der Waals surface area contributed by atoms with E-state index in [1.54, 1.807) is 0 Å². The van der Waals surface area contributed by atoms with Gasteiger partial charge in [0.2, 0.25) is 5.96 Å². The van der Waals surface area contributed by atoms with Crippen LogP contribution >= 0.6 is 0 Å². The molecule has 108 valence electrons. The number of aliphatic imine (C=N–C) groups is 1. The Hall–Kier alpha value is -2.10. The predicted octanol–water partition coefficient (Wildman–Crippen LogP) is 2.53. The number of benzene rings is 1. The summed E-state index contributed by atoms with van der Waals surface area (Å²) in [6.45, 7) is 2.34. The van der Waals surface area contributed by atoms with Crippen molar-refractivity contribution in [3.63, 3.8) is 0 Å². The van der Waals surface area contributed by atoms with Crippen molar-refractivity contribution in [2.75, 3.05) is 13.1 Å². The van der Waals surface area contributed by atoms with E-state index in [2.05, 4.69) is 22.0 Å². The number of fused-ring (bicyclic) bond motifs is 2. The molecule has 0 fully saturated rings. The molecule has 3 aliphatic rings. The van der Waals surface area contributed by atoms with Crippen LogP contribution in [0.1, 0.15) is 31.2 Å². The van der Waals surface area contributed by atoms with Gasteiger partial charge in [-0.15, -0.1) is 0 Å². The van der Waals surface area contributed by atoms with Crippen molar-refractivity contribution in [3.05, 3.63) is 47.2 Å². The van der Waals surface area contributed by atoms with E-state index in [0.29, 0.717) is 6.54 Å². The molecule has 0 unspecified atom stereocenters. The van der Waals surface area contributed by atoms with E-state index in [4.69, 9.17) is 0 Å². The highest BCUT2D eigenvalue weighted by molar-refractivity contribution is 6.09. The zero-order valence-electron chi connectivity index (χ0n) is 12.1. The zero-order valence-corrected chi connectivity index (χ0v) is 12.1. The molecule has 0 radical (unpaired) electrons. The van der Waals surface area contributed by atoms with Gasteiger partial charge in [-0.1, -0.05) is 30.3 Å². The molecule has 0 aromatic heterocycles. The lowest BCUT2D eigenvalue weighted by atomic mass is 9.92. The molecule has 0 saturated heterocycles. The first-order valence-electron chi connectivity index (χ1n) is 7.74. The minimum absolute atomic E-state index is 0.172. The average molecular weight is 281 g/mol. The van der Waals surface area contributed by atoms with Gasteiger partial charge in [-0.05, 0) is 31.2 Å². The third kappa shape index (κ3) is 2.06. The van der Waals surface area contributed by atoms with Crippen molar-refractivity contribution in [1.29, 1.82) is 0 Å². The summed E-state index contributed by atoms with van der Waals surface area (Å²) in [5, 5.41) is 0. The quantitative estimate of drug-likeness (QED) is 0.835. The van der Waals surface area contributed by atoms with Crippen LogP contribution in [0.3, 0.4) is 0 Å². The van der Waals surface area contributed by atoms with Crippen LogP contribution in [0.4, 0.5) is 0 Å². The molecule has 1 aliphatic carbocycles. The summed E-state index contributed by atoms with van der Waals surface area (Å²) in [5.41, 5.74) is 3.42. The van der Waals surface area contributed by atoms with Gasteiger partial charge in [0.1, 0.15) is 0 Å². The van der Waals surface area contributed by atoms with Crippen molar-refractivity contribution in [2.45, 2.75) is 32.2 Å². The number of nitrogens with zero attached hydrogens (tertiary/aromatic N) is 3. The maximum absolute atomic E-state index is 12.9. The van der Waals surface area contributed by atoms with Gasteiger partial charge < -0.3 is 4.90 Å². The number of hydrogen-bond donors (Lipinski definition) is 0. The highest BCUT2D eigenvalue weighted by Crippen LogP contribution is 2.35. The minimum atomic E-state index is 0.172. The summed E-state index contributed by atoms with van der Waals surface area (Å²) in [7, 11) is 0. The number of guanidine groups is 1. The van der Waals surface area contributed by atoms with Crippen LogP contribution in [0.25, 0.3) is 0 Å². The summed E-state index contributed by atoms with van der Waals surface area (Å²) >= 11 is 0. The summed E-state index contributed by atoms with van der Waals surface area (Å²) in [4.78, 5) is 21.6. The molecular weight excluding hydrogens is 262 g/mol. The first kappa shape index (κ1) is 12.6. The van der Waals surface area contributed by atoms with Crippen molar-refractivity contribution in [1.82, 2.24) is 9.80 Å². The number of carbonyl (C=O) groups is 1. The fraction of sp³-hybridized carbons (Fsp3) is 0.412. The largest absolute Gasteiger partial charge is 0.314 e.